The lowest BCUT2D eigenvalue weighted by Crippen LogP contribution is -2.30. The predicted molar refractivity (Wildman–Crippen MR) is 98.0 cm³/mol. The minimum Gasteiger partial charge on any atom is -0.338 e. The summed E-state index contributed by atoms with van der Waals surface area (Å²) in [5.41, 5.74) is 4.34. The zero-order chi connectivity index (χ0) is 17.9. The van der Waals surface area contributed by atoms with Crippen LogP contribution in [0.2, 0.25) is 0 Å². The smallest absolute Gasteiger partial charge is 0.246 e. The third-order valence-electron chi connectivity index (χ3n) is 4.14. The number of aromatic amines is 1. The Morgan fingerprint density at radius 1 is 1.04 bits per heavy atom. The molecular formula is C19H18N6O. The maximum Gasteiger partial charge on any atom is 0.246 e. The minimum atomic E-state index is -0.0684. The number of amides is 1. The molecule has 26 heavy (non-hydrogen) atoms. The Morgan fingerprint density at radius 3 is 2.38 bits per heavy atom. The number of hydrogen-bond donors (Lipinski definition) is 1. The van der Waals surface area contributed by atoms with Gasteiger partial charge in [0.1, 0.15) is 17.6 Å². The Hall–Kier alpha value is -3.48. The van der Waals surface area contributed by atoms with Gasteiger partial charge in [-0.1, -0.05) is 42.5 Å². The van der Waals surface area contributed by atoms with Gasteiger partial charge in [0.15, 0.2) is 0 Å². The number of nitrogens with zero attached hydrogens (tertiary/aromatic N) is 5. The summed E-state index contributed by atoms with van der Waals surface area (Å²) in [5, 5.41) is 16.0. The van der Waals surface area contributed by atoms with Crippen LogP contribution in [0, 0.1) is 0 Å². The van der Waals surface area contributed by atoms with Crippen LogP contribution in [0.5, 0.6) is 0 Å². The van der Waals surface area contributed by atoms with E-state index in [0.29, 0.717) is 6.54 Å². The average Bonchev–Trinajstić information content (AvgIpc) is 3.28. The lowest BCUT2D eigenvalue weighted by Gasteiger charge is -2.15. The largest absolute Gasteiger partial charge is 0.338 e. The fraction of sp³-hybridized carbons (Fsp3) is 0.158. The number of likely N-dealkylation sites (N-methyl/N-ethyl adjacent to an activating group) is 1. The molecule has 0 aliphatic rings. The van der Waals surface area contributed by atoms with Crippen LogP contribution in [-0.2, 0) is 17.9 Å². The number of carbonyl (C=O) groups excluding carboxylic acids is 1. The first kappa shape index (κ1) is 16.0. The summed E-state index contributed by atoms with van der Waals surface area (Å²) in [6.45, 7) is 0.546. The van der Waals surface area contributed by atoms with Gasteiger partial charge in [0.25, 0.3) is 0 Å². The first-order chi connectivity index (χ1) is 12.7. The fourth-order valence-corrected chi connectivity index (χ4v) is 2.76. The molecule has 0 atom stereocenters. The van der Waals surface area contributed by atoms with E-state index < -0.39 is 0 Å². The molecule has 2 aromatic heterocycles. The molecule has 4 rings (SSSR count). The summed E-state index contributed by atoms with van der Waals surface area (Å²) >= 11 is 0. The molecule has 7 heteroatoms. The first-order valence-corrected chi connectivity index (χ1v) is 8.32. The van der Waals surface area contributed by atoms with Crippen molar-refractivity contribution in [3.8, 4) is 11.3 Å². The third-order valence-corrected chi connectivity index (χ3v) is 4.14. The van der Waals surface area contributed by atoms with E-state index in [0.717, 1.165) is 28.0 Å². The summed E-state index contributed by atoms with van der Waals surface area (Å²) in [6.07, 6.45) is 0. The highest BCUT2D eigenvalue weighted by Gasteiger charge is 2.14. The standard InChI is InChI=1S/C19H18N6O/c1-24(12-15-11-18(21-20-15)14-7-3-2-4-8-14)19(26)13-25-22-16-9-5-6-10-17(16)23-25/h2-11H,12-13H2,1H3,(H,20,21). The minimum absolute atomic E-state index is 0.0684. The molecule has 0 spiro atoms. The van der Waals surface area contributed by atoms with Crippen LogP contribution < -0.4 is 0 Å². The Kier molecular flexibility index (Phi) is 4.18. The van der Waals surface area contributed by atoms with Crippen LogP contribution in [0.25, 0.3) is 22.3 Å². The van der Waals surface area contributed by atoms with E-state index in [1.165, 1.54) is 4.80 Å². The van der Waals surface area contributed by atoms with E-state index >= 15 is 0 Å². The van der Waals surface area contributed by atoms with Crippen molar-refractivity contribution in [1.29, 1.82) is 0 Å². The van der Waals surface area contributed by atoms with Crippen molar-refractivity contribution in [2.75, 3.05) is 7.05 Å². The van der Waals surface area contributed by atoms with Gasteiger partial charge in [-0.3, -0.25) is 9.89 Å². The van der Waals surface area contributed by atoms with E-state index in [1.807, 2.05) is 60.7 Å². The van der Waals surface area contributed by atoms with Crippen LogP contribution in [0.3, 0.4) is 0 Å². The quantitative estimate of drug-likeness (QED) is 0.602. The van der Waals surface area contributed by atoms with E-state index in [-0.39, 0.29) is 12.5 Å². The van der Waals surface area contributed by atoms with Gasteiger partial charge in [0.2, 0.25) is 5.91 Å². The maximum atomic E-state index is 12.5. The molecule has 2 aromatic carbocycles. The number of carbonyl (C=O) groups is 1. The average molecular weight is 346 g/mol. The summed E-state index contributed by atoms with van der Waals surface area (Å²) in [6, 6.07) is 19.4. The number of H-pyrrole nitrogens is 1. The van der Waals surface area contributed by atoms with Crippen LogP contribution in [0.1, 0.15) is 5.69 Å². The summed E-state index contributed by atoms with van der Waals surface area (Å²) < 4.78 is 0. The molecule has 0 aliphatic carbocycles. The Bertz CT molecular complexity index is 1000. The number of nitrogens with one attached hydrogen (secondary N) is 1. The first-order valence-electron chi connectivity index (χ1n) is 8.32. The summed E-state index contributed by atoms with van der Waals surface area (Å²) in [7, 11) is 1.76. The lowest BCUT2D eigenvalue weighted by atomic mass is 10.1. The number of rotatable bonds is 5. The van der Waals surface area contributed by atoms with E-state index in [1.54, 1.807) is 11.9 Å². The Morgan fingerprint density at radius 2 is 1.69 bits per heavy atom. The lowest BCUT2D eigenvalue weighted by molar-refractivity contribution is -0.131. The zero-order valence-corrected chi connectivity index (χ0v) is 14.3. The number of aromatic nitrogens is 5. The molecule has 1 N–H and O–H groups in total. The molecule has 0 radical (unpaired) electrons. The molecule has 1 amide bonds. The molecule has 0 saturated carbocycles. The summed E-state index contributed by atoms with van der Waals surface area (Å²) in [5.74, 6) is -0.0684. The van der Waals surface area contributed by atoms with Crippen molar-refractivity contribution in [3.05, 3.63) is 66.4 Å². The molecule has 7 nitrogen and oxygen atoms in total. The van der Waals surface area contributed by atoms with E-state index in [2.05, 4.69) is 20.4 Å². The van der Waals surface area contributed by atoms with Gasteiger partial charge < -0.3 is 4.90 Å². The normalized spacial score (nSPS) is 11.0. The summed E-state index contributed by atoms with van der Waals surface area (Å²) in [4.78, 5) is 15.5. The van der Waals surface area contributed by atoms with Gasteiger partial charge >= 0.3 is 0 Å². The predicted octanol–water partition coefficient (Wildman–Crippen LogP) is 2.48. The topological polar surface area (TPSA) is 79.7 Å². The highest BCUT2D eigenvalue weighted by atomic mass is 16.2. The van der Waals surface area contributed by atoms with Gasteiger partial charge in [-0.25, -0.2) is 0 Å². The number of fused-ring (bicyclic) bond motifs is 1. The monoisotopic (exact) mass is 346 g/mol. The van der Waals surface area contributed by atoms with E-state index in [9.17, 15) is 4.79 Å². The second kappa shape index (κ2) is 6.79. The van der Waals surface area contributed by atoms with Gasteiger partial charge in [-0.15, -0.1) is 0 Å². The molecule has 0 bridgehead atoms. The van der Waals surface area contributed by atoms with Crippen molar-refractivity contribution in [3.63, 3.8) is 0 Å². The second-order valence-electron chi connectivity index (χ2n) is 6.11. The van der Waals surface area contributed by atoms with Crippen LogP contribution in [-0.4, -0.2) is 43.0 Å². The number of hydrogen-bond acceptors (Lipinski definition) is 4. The third kappa shape index (κ3) is 3.32. The van der Waals surface area contributed by atoms with Crippen molar-refractivity contribution in [2.45, 2.75) is 13.1 Å². The molecule has 0 unspecified atom stereocenters. The molecule has 4 aromatic rings. The van der Waals surface area contributed by atoms with Crippen LogP contribution in [0.4, 0.5) is 0 Å². The van der Waals surface area contributed by atoms with Crippen molar-refractivity contribution < 1.29 is 4.79 Å². The van der Waals surface area contributed by atoms with E-state index in [4.69, 9.17) is 0 Å². The van der Waals surface area contributed by atoms with Crippen molar-refractivity contribution in [1.82, 2.24) is 30.1 Å². The van der Waals surface area contributed by atoms with Gasteiger partial charge in [0, 0.05) is 12.6 Å². The fourth-order valence-electron chi connectivity index (χ4n) is 2.76. The SMILES string of the molecule is CN(Cc1cc(-c2ccccc2)n[nH]1)C(=O)Cn1nc2ccccc2n1. The van der Waals surface area contributed by atoms with Gasteiger partial charge in [-0.2, -0.15) is 20.1 Å². The number of benzene rings is 2. The van der Waals surface area contributed by atoms with Crippen LogP contribution in [0.15, 0.2) is 60.7 Å². The van der Waals surface area contributed by atoms with Gasteiger partial charge in [0.05, 0.1) is 17.9 Å². The highest BCUT2D eigenvalue weighted by molar-refractivity contribution is 5.77. The molecule has 0 saturated heterocycles. The molecule has 0 aliphatic heterocycles. The molecular weight excluding hydrogens is 328 g/mol. The maximum absolute atomic E-state index is 12.5. The van der Waals surface area contributed by atoms with Crippen LogP contribution >= 0.6 is 0 Å². The molecule has 0 fully saturated rings. The zero-order valence-electron chi connectivity index (χ0n) is 14.3. The van der Waals surface area contributed by atoms with Crippen molar-refractivity contribution >= 4 is 16.9 Å². The Labute approximate surface area is 150 Å². The second-order valence-corrected chi connectivity index (χ2v) is 6.11. The molecule has 130 valence electrons. The molecule has 2 heterocycles. The van der Waals surface area contributed by atoms with Crippen molar-refractivity contribution in [2.24, 2.45) is 0 Å². The Balaban J connectivity index is 1.42. The van der Waals surface area contributed by atoms with Gasteiger partial charge in [-0.05, 0) is 18.2 Å². The highest BCUT2D eigenvalue weighted by Crippen LogP contribution is 2.17.